The lowest BCUT2D eigenvalue weighted by Gasteiger charge is -2.30. The van der Waals surface area contributed by atoms with Gasteiger partial charge in [-0.05, 0) is 38.4 Å². The summed E-state index contributed by atoms with van der Waals surface area (Å²) in [4.78, 5) is 54.3. The van der Waals surface area contributed by atoms with Crippen LogP contribution in [0.4, 0.5) is 11.4 Å². The van der Waals surface area contributed by atoms with Gasteiger partial charge in [-0.25, -0.2) is 0 Å². The van der Waals surface area contributed by atoms with Crippen LogP contribution in [0.3, 0.4) is 0 Å². The Labute approximate surface area is 185 Å². The first kappa shape index (κ1) is 21.5. The van der Waals surface area contributed by atoms with Crippen molar-refractivity contribution in [2.24, 2.45) is 0 Å². The molecule has 0 aromatic heterocycles. The quantitative estimate of drug-likeness (QED) is 0.662. The topological polar surface area (TPSA) is 99.3 Å². The highest BCUT2D eigenvalue weighted by molar-refractivity contribution is 6.21. The van der Waals surface area contributed by atoms with Crippen LogP contribution in [0, 0.1) is 0 Å². The molecule has 4 amide bonds. The Kier molecular flexibility index (Phi) is 5.91. The molecule has 0 atom stereocenters. The Morgan fingerprint density at radius 1 is 1.00 bits per heavy atom. The number of nitrogens with one attached hydrogen (secondary N) is 1. The normalized spacial score (nSPS) is 15.0. The molecule has 2 aliphatic heterocycles. The van der Waals surface area contributed by atoms with E-state index in [9.17, 15) is 19.2 Å². The van der Waals surface area contributed by atoms with Gasteiger partial charge in [0.1, 0.15) is 5.75 Å². The van der Waals surface area contributed by atoms with Gasteiger partial charge in [0, 0.05) is 37.8 Å². The van der Waals surface area contributed by atoms with Crippen LogP contribution < -0.4 is 15.0 Å². The third kappa shape index (κ3) is 4.19. The van der Waals surface area contributed by atoms with Crippen LogP contribution in [0.15, 0.2) is 42.5 Å². The number of nitrogens with zero attached hydrogens (tertiary/aromatic N) is 3. The molecule has 0 saturated heterocycles. The van der Waals surface area contributed by atoms with E-state index >= 15 is 0 Å². The Morgan fingerprint density at radius 2 is 1.69 bits per heavy atom. The summed E-state index contributed by atoms with van der Waals surface area (Å²) in [7, 11) is 3.87. The van der Waals surface area contributed by atoms with E-state index in [2.05, 4.69) is 5.32 Å². The number of hydrogen-bond donors (Lipinski definition) is 1. The van der Waals surface area contributed by atoms with Crippen molar-refractivity contribution in [3.05, 3.63) is 53.6 Å². The number of carbonyl (C=O) groups excluding carboxylic acids is 4. The molecule has 0 radical (unpaired) electrons. The van der Waals surface area contributed by atoms with Gasteiger partial charge in [-0.2, -0.15) is 0 Å². The van der Waals surface area contributed by atoms with Gasteiger partial charge in [-0.1, -0.05) is 12.1 Å². The van der Waals surface area contributed by atoms with Crippen molar-refractivity contribution in [2.75, 3.05) is 50.6 Å². The first-order valence-corrected chi connectivity index (χ1v) is 10.3. The lowest BCUT2D eigenvalue weighted by Crippen LogP contribution is -2.42. The molecule has 2 aromatic carbocycles. The lowest BCUT2D eigenvalue weighted by atomic mass is 10.1. The summed E-state index contributed by atoms with van der Waals surface area (Å²) in [6.07, 6.45) is -0.0309. The fourth-order valence-electron chi connectivity index (χ4n) is 3.71. The van der Waals surface area contributed by atoms with Gasteiger partial charge in [0.2, 0.25) is 5.91 Å². The van der Waals surface area contributed by atoms with Crippen molar-refractivity contribution in [1.29, 1.82) is 0 Å². The van der Waals surface area contributed by atoms with Crippen molar-refractivity contribution in [3.63, 3.8) is 0 Å². The zero-order valence-electron chi connectivity index (χ0n) is 18.0. The second-order valence-corrected chi connectivity index (χ2v) is 7.93. The number of ether oxygens (including phenoxy) is 1. The molecule has 2 aliphatic rings. The summed E-state index contributed by atoms with van der Waals surface area (Å²) in [5, 5.41) is 2.76. The molecular formula is C23H24N4O5. The molecule has 0 fully saturated rings. The molecule has 9 nitrogen and oxygen atoms in total. The highest BCUT2D eigenvalue weighted by atomic mass is 16.5. The largest absolute Gasteiger partial charge is 0.481 e. The fourth-order valence-corrected chi connectivity index (χ4v) is 3.71. The van der Waals surface area contributed by atoms with Crippen molar-refractivity contribution in [1.82, 2.24) is 9.80 Å². The molecule has 9 heteroatoms. The van der Waals surface area contributed by atoms with E-state index in [1.54, 1.807) is 47.4 Å². The van der Waals surface area contributed by atoms with E-state index in [4.69, 9.17) is 4.74 Å². The SMILES string of the molecule is CN(C)CCN1C(=O)COc2cc(NC(=O)CCN3C(=O)c4ccccc4C3=O)ccc21. The Morgan fingerprint density at radius 3 is 2.34 bits per heavy atom. The first-order chi connectivity index (χ1) is 15.3. The summed E-state index contributed by atoms with van der Waals surface area (Å²) in [5.41, 5.74) is 1.89. The van der Waals surface area contributed by atoms with E-state index < -0.39 is 0 Å². The average molecular weight is 436 g/mol. The molecule has 166 valence electrons. The number of carbonyl (C=O) groups is 4. The second-order valence-electron chi connectivity index (χ2n) is 7.93. The minimum Gasteiger partial charge on any atom is -0.481 e. The third-order valence-electron chi connectivity index (χ3n) is 5.40. The number of anilines is 2. The van der Waals surface area contributed by atoms with E-state index in [1.165, 1.54) is 0 Å². The summed E-state index contributed by atoms with van der Waals surface area (Å²) in [6.45, 7) is 1.18. The highest BCUT2D eigenvalue weighted by Gasteiger charge is 2.35. The molecule has 0 unspecified atom stereocenters. The van der Waals surface area contributed by atoms with Crippen LogP contribution in [-0.2, 0) is 9.59 Å². The Balaban J connectivity index is 1.38. The summed E-state index contributed by atoms with van der Waals surface area (Å²) < 4.78 is 5.55. The third-order valence-corrected chi connectivity index (χ3v) is 5.40. The molecule has 0 aliphatic carbocycles. The van der Waals surface area contributed by atoms with Crippen LogP contribution in [0.1, 0.15) is 27.1 Å². The Bertz CT molecular complexity index is 1060. The average Bonchev–Trinajstić information content (AvgIpc) is 3.01. The zero-order chi connectivity index (χ0) is 22.8. The zero-order valence-corrected chi connectivity index (χ0v) is 18.0. The minimum atomic E-state index is -0.386. The molecule has 4 rings (SSSR count). The number of imide groups is 1. The minimum absolute atomic E-state index is 0.00750. The standard InChI is InChI=1S/C23H24N4O5/c1-25(2)11-12-26-18-8-7-15(13-19(18)32-14-21(26)29)24-20(28)9-10-27-22(30)16-5-3-4-6-17(16)23(27)31/h3-8,13H,9-12,14H2,1-2H3,(H,24,28). The number of benzene rings is 2. The van der Waals surface area contributed by atoms with Gasteiger partial charge in [0.25, 0.3) is 17.7 Å². The van der Waals surface area contributed by atoms with Gasteiger partial charge >= 0.3 is 0 Å². The highest BCUT2D eigenvalue weighted by Crippen LogP contribution is 2.34. The van der Waals surface area contributed by atoms with Crippen LogP contribution in [0.25, 0.3) is 0 Å². The number of amides is 4. The van der Waals surface area contributed by atoms with Crippen molar-refractivity contribution < 1.29 is 23.9 Å². The number of hydrogen-bond acceptors (Lipinski definition) is 6. The predicted octanol–water partition coefficient (Wildman–Crippen LogP) is 1.60. The molecule has 2 heterocycles. The van der Waals surface area contributed by atoms with Crippen LogP contribution in [0.5, 0.6) is 5.75 Å². The van der Waals surface area contributed by atoms with Gasteiger partial charge in [0.15, 0.2) is 6.61 Å². The molecule has 1 N–H and O–H groups in total. The maximum Gasteiger partial charge on any atom is 0.265 e. The van der Waals surface area contributed by atoms with E-state index in [0.717, 1.165) is 4.90 Å². The predicted molar refractivity (Wildman–Crippen MR) is 118 cm³/mol. The maximum atomic E-state index is 12.4. The molecule has 0 bridgehead atoms. The number of rotatable bonds is 7. The maximum absolute atomic E-state index is 12.4. The van der Waals surface area contributed by atoms with E-state index in [-0.39, 0.29) is 43.2 Å². The second kappa shape index (κ2) is 8.80. The van der Waals surface area contributed by atoms with Crippen LogP contribution in [0.2, 0.25) is 0 Å². The smallest absolute Gasteiger partial charge is 0.265 e. The summed E-state index contributed by atoms with van der Waals surface area (Å²) >= 11 is 0. The van der Waals surface area contributed by atoms with Gasteiger partial charge < -0.3 is 19.9 Å². The van der Waals surface area contributed by atoms with Crippen LogP contribution in [-0.4, -0.2) is 73.8 Å². The molecule has 32 heavy (non-hydrogen) atoms. The molecule has 2 aromatic rings. The van der Waals surface area contributed by atoms with Gasteiger partial charge in [-0.3, -0.25) is 24.1 Å². The monoisotopic (exact) mass is 436 g/mol. The first-order valence-electron chi connectivity index (χ1n) is 10.3. The number of likely N-dealkylation sites (N-methyl/N-ethyl adjacent to an activating group) is 1. The lowest BCUT2D eigenvalue weighted by molar-refractivity contribution is -0.121. The van der Waals surface area contributed by atoms with E-state index in [1.807, 2.05) is 19.0 Å². The van der Waals surface area contributed by atoms with Crippen molar-refractivity contribution >= 4 is 35.0 Å². The van der Waals surface area contributed by atoms with E-state index in [0.29, 0.717) is 41.3 Å². The number of fused-ring (bicyclic) bond motifs is 2. The summed E-state index contributed by atoms with van der Waals surface area (Å²) in [6, 6.07) is 11.7. The van der Waals surface area contributed by atoms with Gasteiger partial charge in [-0.15, -0.1) is 0 Å². The summed E-state index contributed by atoms with van der Waals surface area (Å²) in [5.74, 6) is -0.706. The van der Waals surface area contributed by atoms with Gasteiger partial charge in [0.05, 0.1) is 16.8 Å². The Hall–Kier alpha value is -3.72. The van der Waals surface area contributed by atoms with Crippen molar-refractivity contribution in [2.45, 2.75) is 6.42 Å². The fraction of sp³-hybridized carbons (Fsp3) is 0.304. The van der Waals surface area contributed by atoms with Crippen molar-refractivity contribution in [3.8, 4) is 5.75 Å². The molecular weight excluding hydrogens is 412 g/mol. The molecule has 0 saturated carbocycles. The van der Waals surface area contributed by atoms with Crippen LogP contribution >= 0.6 is 0 Å². The molecule has 0 spiro atoms.